The van der Waals surface area contributed by atoms with Crippen LogP contribution in [0.1, 0.15) is 18.4 Å². The average Bonchev–Trinajstić information content (AvgIpc) is 2.48. The molecule has 0 aliphatic rings. The lowest BCUT2D eigenvalue weighted by atomic mass is 10.0. The number of carbonyl (C=O) groups is 1. The molecule has 1 aromatic heterocycles. The van der Waals surface area contributed by atoms with Gasteiger partial charge in [-0.3, -0.25) is 4.79 Å². The minimum Gasteiger partial charge on any atom is -0.311 e. The Kier molecular flexibility index (Phi) is 5.37. The molecule has 2 aromatic rings. The number of hydrogen-bond donors (Lipinski definition) is 1. The maximum atomic E-state index is 11.8. The lowest BCUT2D eigenvalue weighted by Gasteiger charge is -2.08. The Morgan fingerprint density at radius 3 is 2.62 bits per heavy atom. The van der Waals surface area contributed by atoms with Crippen molar-refractivity contribution in [1.82, 2.24) is 4.98 Å². The lowest BCUT2D eigenvalue weighted by Crippen LogP contribution is -2.12. The van der Waals surface area contributed by atoms with Crippen LogP contribution in [0.25, 0.3) is 5.57 Å². The topological polar surface area (TPSA) is 42.0 Å². The van der Waals surface area contributed by atoms with Crippen molar-refractivity contribution in [3.05, 3.63) is 64.8 Å². The van der Waals surface area contributed by atoms with Crippen LogP contribution < -0.4 is 5.32 Å². The van der Waals surface area contributed by atoms with Crippen LogP contribution in [0.4, 0.5) is 5.82 Å². The normalized spacial score (nSPS) is 10.2. The van der Waals surface area contributed by atoms with Gasteiger partial charge in [0.1, 0.15) is 5.82 Å². The van der Waals surface area contributed by atoms with Crippen molar-refractivity contribution in [2.75, 3.05) is 5.32 Å². The van der Waals surface area contributed by atoms with E-state index in [1.54, 1.807) is 30.5 Å². The Hall–Kier alpha value is -1.84. The number of amides is 1. The number of nitrogens with zero attached hydrogens (tertiary/aromatic N) is 1. The SMILES string of the molecule is C=C(CCC(=O)Nc1ccccn1)c1ccc(Cl)c(Cl)c1. The highest BCUT2D eigenvalue weighted by atomic mass is 35.5. The van der Waals surface area contributed by atoms with Gasteiger partial charge in [0.25, 0.3) is 0 Å². The minimum absolute atomic E-state index is 0.102. The van der Waals surface area contributed by atoms with Crippen LogP contribution in [0.2, 0.25) is 10.0 Å². The van der Waals surface area contributed by atoms with E-state index in [1.807, 2.05) is 12.1 Å². The first-order valence-electron chi connectivity index (χ1n) is 6.40. The number of pyridine rings is 1. The summed E-state index contributed by atoms with van der Waals surface area (Å²) in [4.78, 5) is 15.9. The van der Waals surface area contributed by atoms with Crippen molar-refractivity contribution in [3.63, 3.8) is 0 Å². The Balaban J connectivity index is 1.89. The molecule has 1 heterocycles. The molecule has 3 nitrogen and oxygen atoms in total. The van der Waals surface area contributed by atoms with Crippen LogP contribution >= 0.6 is 23.2 Å². The predicted octanol–water partition coefficient (Wildman–Crippen LogP) is 4.82. The third-order valence-corrected chi connectivity index (χ3v) is 3.65. The molecule has 0 radical (unpaired) electrons. The monoisotopic (exact) mass is 320 g/mol. The van der Waals surface area contributed by atoms with Gasteiger partial charge in [0.2, 0.25) is 5.91 Å². The number of allylic oxidation sites excluding steroid dienone is 1. The van der Waals surface area contributed by atoms with Crippen LogP contribution in [-0.4, -0.2) is 10.9 Å². The van der Waals surface area contributed by atoms with Gasteiger partial charge in [-0.05, 0) is 41.8 Å². The van der Waals surface area contributed by atoms with Crippen molar-refractivity contribution >= 4 is 40.5 Å². The van der Waals surface area contributed by atoms with Crippen LogP contribution in [0.15, 0.2) is 49.2 Å². The van der Waals surface area contributed by atoms with Gasteiger partial charge < -0.3 is 5.32 Å². The van der Waals surface area contributed by atoms with E-state index in [0.29, 0.717) is 28.7 Å². The first-order valence-corrected chi connectivity index (χ1v) is 7.16. The summed E-state index contributed by atoms with van der Waals surface area (Å²) in [7, 11) is 0. The molecule has 21 heavy (non-hydrogen) atoms. The molecular formula is C16H14Cl2N2O. The zero-order chi connectivity index (χ0) is 15.2. The summed E-state index contributed by atoms with van der Waals surface area (Å²) in [5.41, 5.74) is 1.72. The molecule has 0 aliphatic heterocycles. The van der Waals surface area contributed by atoms with Crippen LogP contribution in [0.5, 0.6) is 0 Å². The molecule has 5 heteroatoms. The number of carbonyl (C=O) groups excluding carboxylic acids is 1. The van der Waals surface area contributed by atoms with Gasteiger partial charge in [-0.2, -0.15) is 0 Å². The smallest absolute Gasteiger partial charge is 0.225 e. The fourth-order valence-electron chi connectivity index (χ4n) is 1.77. The van der Waals surface area contributed by atoms with Crippen molar-refractivity contribution < 1.29 is 4.79 Å². The molecule has 0 saturated heterocycles. The molecule has 1 N–H and O–H groups in total. The van der Waals surface area contributed by atoms with E-state index in [4.69, 9.17) is 23.2 Å². The second-order valence-electron chi connectivity index (χ2n) is 4.50. The van der Waals surface area contributed by atoms with Crippen molar-refractivity contribution in [3.8, 4) is 0 Å². The fourth-order valence-corrected chi connectivity index (χ4v) is 2.06. The van der Waals surface area contributed by atoms with Crippen LogP contribution in [-0.2, 0) is 4.79 Å². The van der Waals surface area contributed by atoms with Crippen molar-refractivity contribution in [2.24, 2.45) is 0 Å². The van der Waals surface area contributed by atoms with Crippen LogP contribution in [0, 0.1) is 0 Å². The quantitative estimate of drug-likeness (QED) is 0.858. The maximum absolute atomic E-state index is 11.8. The van der Waals surface area contributed by atoms with E-state index in [9.17, 15) is 4.79 Å². The molecule has 108 valence electrons. The average molecular weight is 321 g/mol. The van der Waals surface area contributed by atoms with Gasteiger partial charge in [0.15, 0.2) is 0 Å². The highest BCUT2D eigenvalue weighted by Crippen LogP contribution is 2.27. The third-order valence-electron chi connectivity index (χ3n) is 2.91. The molecule has 0 spiro atoms. The number of benzene rings is 1. The molecule has 0 unspecified atom stereocenters. The van der Waals surface area contributed by atoms with Gasteiger partial charge in [-0.25, -0.2) is 4.98 Å². The number of halogens is 2. The zero-order valence-corrected chi connectivity index (χ0v) is 12.8. The minimum atomic E-state index is -0.102. The number of rotatable bonds is 5. The zero-order valence-electron chi connectivity index (χ0n) is 11.3. The summed E-state index contributed by atoms with van der Waals surface area (Å²) in [5, 5.41) is 3.71. The Labute approximate surface area is 133 Å². The summed E-state index contributed by atoms with van der Waals surface area (Å²) >= 11 is 11.8. The Morgan fingerprint density at radius 1 is 1.14 bits per heavy atom. The number of nitrogens with one attached hydrogen (secondary N) is 1. The summed E-state index contributed by atoms with van der Waals surface area (Å²) in [6, 6.07) is 10.7. The standard InChI is InChI=1S/C16H14Cl2N2O/c1-11(12-6-7-13(17)14(18)10-12)5-8-16(21)20-15-4-2-3-9-19-15/h2-4,6-7,9-10H,1,5,8H2,(H,19,20,21). The molecule has 2 rings (SSSR count). The van der Waals surface area contributed by atoms with Gasteiger partial charge in [-0.1, -0.05) is 41.9 Å². The third kappa shape index (κ3) is 4.59. The second-order valence-corrected chi connectivity index (χ2v) is 5.31. The second kappa shape index (κ2) is 7.25. The summed E-state index contributed by atoms with van der Waals surface area (Å²) < 4.78 is 0. The summed E-state index contributed by atoms with van der Waals surface area (Å²) in [6.07, 6.45) is 2.50. The van der Waals surface area contributed by atoms with E-state index in [-0.39, 0.29) is 5.91 Å². The molecule has 0 fully saturated rings. The summed E-state index contributed by atoms with van der Waals surface area (Å²) in [5.74, 6) is 0.442. The lowest BCUT2D eigenvalue weighted by molar-refractivity contribution is -0.116. The molecule has 0 bridgehead atoms. The van der Waals surface area contributed by atoms with E-state index in [1.165, 1.54) is 0 Å². The van der Waals surface area contributed by atoms with Gasteiger partial charge >= 0.3 is 0 Å². The van der Waals surface area contributed by atoms with Gasteiger partial charge in [0.05, 0.1) is 10.0 Å². The fraction of sp³-hybridized carbons (Fsp3) is 0.125. The number of aromatic nitrogens is 1. The van der Waals surface area contributed by atoms with E-state index >= 15 is 0 Å². The highest BCUT2D eigenvalue weighted by molar-refractivity contribution is 6.42. The number of hydrogen-bond acceptors (Lipinski definition) is 2. The first kappa shape index (κ1) is 15.5. The molecule has 1 amide bonds. The molecule has 0 aliphatic carbocycles. The van der Waals surface area contributed by atoms with Gasteiger partial charge in [-0.15, -0.1) is 0 Å². The largest absolute Gasteiger partial charge is 0.311 e. The molecule has 0 saturated carbocycles. The first-order chi connectivity index (χ1) is 10.1. The predicted molar refractivity (Wildman–Crippen MR) is 87.6 cm³/mol. The van der Waals surface area contributed by atoms with Crippen LogP contribution in [0.3, 0.4) is 0 Å². The highest BCUT2D eigenvalue weighted by Gasteiger charge is 2.07. The maximum Gasteiger partial charge on any atom is 0.225 e. The van der Waals surface area contributed by atoms with E-state index < -0.39 is 0 Å². The van der Waals surface area contributed by atoms with Crippen molar-refractivity contribution in [2.45, 2.75) is 12.8 Å². The van der Waals surface area contributed by atoms with E-state index in [2.05, 4.69) is 16.9 Å². The van der Waals surface area contributed by atoms with E-state index in [0.717, 1.165) is 11.1 Å². The Bertz CT molecular complexity index is 657. The van der Waals surface area contributed by atoms with Crippen molar-refractivity contribution in [1.29, 1.82) is 0 Å². The number of anilines is 1. The molecular weight excluding hydrogens is 307 g/mol. The summed E-state index contributed by atoms with van der Waals surface area (Å²) in [6.45, 7) is 3.98. The van der Waals surface area contributed by atoms with Gasteiger partial charge in [0, 0.05) is 12.6 Å². The molecule has 1 aromatic carbocycles. The molecule has 0 atom stereocenters. The Morgan fingerprint density at radius 2 is 1.95 bits per heavy atom.